The first kappa shape index (κ1) is 15.2. The maximum atomic E-state index is 12.1. The van der Waals surface area contributed by atoms with Crippen LogP contribution in [-0.4, -0.2) is 65.2 Å². The van der Waals surface area contributed by atoms with E-state index in [0.717, 1.165) is 37.6 Å². The fourth-order valence-electron chi connectivity index (χ4n) is 2.76. The number of aliphatic hydroxyl groups excluding tert-OH is 1. The van der Waals surface area contributed by atoms with Crippen LogP contribution in [0.4, 0.5) is 0 Å². The molecule has 2 rings (SSSR count). The fourth-order valence-corrected chi connectivity index (χ4v) is 2.76. The number of nitrogens with one attached hydrogen (secondary N) is 1. The number of hydrogen-bond acceptors (Lipinski definition) is 5. The van der Waals surface area contributed by atoms with Crippen LogP contribution in [0.15, 0.2) is 4.79 Å². The Labute approximate surface area is 119 Å². The molecule has 1 unspecified atom stereocenters. The number of rotatable bonds is 3. The summed E-state index contributed by atoms with van der Waals surface area (Å²) in [4.78, 5) is 24.1. The lowest BCUT2D eigenvalue weighted by atomic mass is 10.1. The van der Waals surface area contributed by atoms with Crippen LogP contribution in [0.5, 0.6) is 0 Å². The first-order valence-electron chi connectivity index (χ1n) is 7.12. The van der Waals surface area contributed by atoms with Gasteiger partial charge in [0.15, 0.2) is 0 Å². The van der Waals surface area contributed by atoms with Crippen molar-refractivity contribution < 1.29 is 5.11 Å². The highest BCUT2D eigenvalue weighted by atomic mass is 16.3. The van der Waals surface area contributed by atoms with E-state index in [4.69, 9.17) is 5.11 Å². The smallest absolute Gasteiger partial charge is 0.254 e. The van der Waals surface area contributed by atoms with E-state index in [1.54, 1.807) is 0 Å². The fraction of sp³-hybridized carbons (Fsp3) is 0.714. The molecule has 1 saturated heterocycles. The number of likely N-dealkylation sites (N-methyl/N-ethyl adjacent to an activating group) is 2. The molecule has 112 valence electrons. The van der Waals surface area contributed by atoms with Crippen LogP contribution < -0.4 is 5.56 Å². The molecule has 1 aliphatic rings. The number of H-pyrrole nitrogens is 1. The van der Waals surface area contributed by atoms with E-state index in [2.05, 4.69) is 33.9 Å². The van der Waals surface area contributed by atoms with Gasteiger partial charge in [0.1, 0.15) is 5.82 Å². The minimum atomic E-state index is -0.123. The quantitative estimate of drug-likeness (QED) is 0.810. The van der Waals surface area contributed by atoms with Gasteiger partial charge in [0.2, 0.25) is 0 Å². The summed E-state index contributed by atoms with van der Waals surface area (Å²) >= 11 is 0. The Kier molecular flexibility index (Phi) is 4.91. The lowest BCUT2D eigenvalue weighted by Gasteiger charge is -2.26. The molecule has 1 aliphatic heterocycles. The molecule has 0 amide bonds. The molecule has 0 aromatic carbocycles. The molecule has 1 aromatic heterocycles. The first-order valence-corrected chi connectivity index (χ1v) is 7.12. The monoisotopic (exact) mass is 280 g/mol. The summed E-state index contributed by atoms with van der Waals surface area (Å²) in [6, 6.07) is 0.108. The zero-order valence-corrected chi connectivity index (χ0v) is 12.5. The SMILES string of the molecule is Cc1nc(C2CN(C)CCCN2C)[nH]c(=O)c1CCO. The van der Waals surface area contributed by atoms with Crippen molar-refractivity contribution >= 4 is 0 Å². The van der Waals surface area contributed by atoms with E-state index in [-0.39, 0.29) is 18.2 Å². The zero-order valence-electron chi connectivity index (χ0n) is 12.5. The van der Waals surface area contributed by atoms with E-state index in [0.29, 0.717) is 12.0 Å². The Morgan fingerprint density at radius 2 is 2.15 bits per heavy atom. The van der Waals surface area contributed by atoms with E-state index in [9.17, 15) is 4.79 Å². The van der Waals surface area contributed by atoms with Crippen molar-refractivity contribution in [1.82, 2.24) is 19.8 Å². The Hall–Kier alpha value is -1.24. The summed E-state index contributed by atoms with van der Waals surface area (Å²) in [5.41, 5.74) is 1.18. The molecule has 0 bridgehead atoms. The summed E-state index contributed by atoms with van der Waals surface area (Å²) in [6.07, 6.45) is 1.48. The van der Waals surface area contributed by atoms with Crippen molar-refractivity contribution in [2.45, 2.75) is 25.8 Å². The molecule has 0 spiro atoms. The van der Waals surface area contributed by atoms with Crippen LogP contribution in [0.25, 0.3) is 0 Å². The molecule has 2 N–H and O–H groups in total. The maximum Gasteiger partial charge on any atom is 0.254 e. The number of aromatic amines is 1. The van der Waals surface area contributed by atoms with Crippen LogP contribution in [0.2, 0.25) is 0 Å². The largest absolute Gasteiger partial charge is 0.396 e. The van der Waals surface area contributed by atoms with Crippen molar-refractivity contribution in [1.29, 1.82) is 0 Å². The molecule has 6 nitrogen and oxygen atoms in total. The number of aliphatic hydroxyl groups is 1. The van der Waals surface area contributed by atoms with Crippen molar-refractivity contribution in [2.24, 2.45) is 0 Å². The Balaban J connectivity index is 2.34. The van der Waals surface area contributed by atoms with Gasteiger partial charge in [0, 0.05) is 30.8 Å². The highest BCUT2D eigenvalue weighted by Gasteiger charge is 2.24. The van der Waals surface area contributed by atoms with Crippen molar-refractivity contribution in [2.75, 3.05) is 40.3 Å². The van der Waals surface area contributed by atoms with E-state index in [1.165, 1.54) is 0 Å². The minimum Gasteiger partial charge on any atom is -0.396 e. The van der Waals surface area contributed by atoms with Gasteiger partial charge in [-0.15, -0.1) is 0 Å². The van der Waals surface area contributed by atoms with Gasteiger partial charge in [-0.05, 0) is 40.5 Å². The van der Waals surface area contributed by atoms with Gasteiger partial charge in [0.05, 0.1) is 6.04 Å². The van der Waals surface area contributed by atoms with Gasteiger partial charge in [-0.25, -0.2) is 4.98 Å². The summed E-state index contributed by atoms with van der Waals surface area (Å²) in [7, 11) is 4.16. The average Bonchev–Trinajstić information content (AvgIpc) is 2.55. The lowest BCUT2D eigenvalue weighted by Crippen LogP contribution is -2.34. The van der Waals surface area contributed by atoms with Gasteiger partial charge in [-0.2, -0.15) is 0 Å². The highest BCUT2D eigenvalue weighted by molar-refractivity contribution is 5.18. The zero-order chi connectivity index (χ0) is 14.7. The first-order chi connectivity index (χ1) is 9.52. The van der Waals surface area contributed by atoms with Crippen molar-refractivity contribution in [3.8, 4) is 0 Å². The topological polar surface area (TPSA) is 72.5 Å². The predicted molar refractivity (Wildman–Crippen MR) is 77.9 cm³/mol. The second-order valence-corrected chi connectivity index (χ2v) is 5.60. The second kappa shape index (κ2) is 6.47. The summed E-state index contributed by atoms with van der Waals surface area (Å²) in [5.74, 6) is 0.727. The molecule has 0 aliphatic carbocycles. The van der Waals surface area contributed by atoms with Crippen LogP contribution in [0, 0.1) is 6.92 Å². The number of aryl methyl sites for hydroxylation is 1. The van der Waals surface area contributed by atoms with Gasteiger partial charge in [0.25, 0.3) is 5.56 Å². The van der Waals surface area contributed by atoms with E-state index in [1.807, 2.05) is 6.92 Å². The standard InChI is InChI=1S/C14H24N4O2/c1-10-11(5-8-19)14(20)16-13(15-10)12-9-17(2)6-4-7-18(12)3/h12,19H,4-9H2,1-3H3,(H,15,16,20). The Bertz CT molecular complexity index is 514. The molecule has 1 atom stereocenters. The third-order valence-electron chi connectivity index (χ3n) is 3.99. The van der Waals surface area contributed by atoms with Gasteiger partial charge in [-0.3, -0.25) is 9.69 Å². The molecule has 1 fully saturated rings. The number of nitrogens with zero attached hydrogens (tertiary/aromatic N) is 3. The average molecular weight is 280 g/mol. The van der Waals surface area contributed by atoms with Crippen molar-refractivity contribution in [3.05, 3.63) is 27.4 Å². The van der Waals surface area contributed by atoms with Gasteiger partial charge < -0.3 is 15.0 Å². The molecule has 0 radical (unpaired) electrons. The van der Waals surface area contributed by atoms with E-state index < -0.39 is 0 Å². The molecular weight excluding hydrogens is 256 g/mol. The molecule has 2 heterocycles. The minimum absolute atomic E-state index is 0.0307. The second-order valence-electron chi connectivity index (χ2n) is 5.60. The van der Waals surface area contributed by atoms with Crippen LogP contribution >= 0.6 is 0 Å². The summed E-state index contributed by atoms with van der Waals surface area (Å²) in [5, 5.41) is 9.01. The molecule has 0 saturated carbocycles. The van der Waals surface area contributed by atoms with Gasteiger partial charge >= 0.3 is 0 Å². The van der Waals surface area contributed by atoms with Crippen LogP contribution in [-0.2, 0) is 6.42 Å². The maximum absolute atomic E-state index is 12.1. The highest BCUT2D eigenvalue weighted by Crippen LogP contribution is 2.20. The summed E-state index contributed by atoms with van der Waals surface area (Å²) in [6.45, 7) is 4.72. The Morgan fingerprint density at radius 3 is 2.80 bits per heavy atom. The summed E-state index contributed by atoms with van der Waals surface area (Å²) < 4.78 is 0. The van der Waals surface area contributed by atoms with E-state index >= 15 is 0 Å². The third-order valence-corrected chi connectivity index (χ3v) is 3.99. The van der Waals surface area contributed by atoms with Crippen molar-refractivity contribution in [3.63, 3.8) is 0 Å². The normalized spacial score (nSPS) is 21.9. The molecular formula is C14H24N4O2. The Morgan fingerprint density at radius 1 is 1.40 bits per heavy atom. The molecule has 20 heavy (non-hydrogen) atoms. The molecule has 1 aromatic rings. The lowest BCUT2D eigenvalue weighted by molar-refractivity contribution is 0.219. The number of hydrogen-bond donors (Lipinski definition) is 2. The predicted octanol–water partition coefficient (Wildman–Crippen LogP) is -0.0785. The molecule has 6 heteroatoms. The third kappa shape index (κ3) is 3.26. The van der Waals surface area contributed by atoms with Crippen LogP contribution in [0.1, 0.15) is 29.5 Å². The van der Waals surface area contributed by atoms with Gasteiger partial charge in [-0.1, -0.05) is 0 Å². The van der Waals surface area contributed by atoms with Crippen LogP contribution in [0.3, 0.4) is 0 Å². The number of aromatic nitrogens is 2.